The van der Waals surface area contributed by atoms with Crippen LogP contribution in [-0.4, -0.2) is 32.9 Å². The lowest BCUT2D eigenvalue weighted by atomic mass is 10.2. The maximum Gasteiger partial charge on any atom is 0.232 e. The number of benzene rings is 1. The van der Waals surface area contributed by atoms with Gasteiger partial charge in [-0.1, -0.05) is 12.2 Å². The van der Waals surface area contributed by atoms with Gasteiger partial charge >= 0.3 is 0 Å². The topological polar surface area (TPSA) is 81.4 Å². The van der Waals surface area contributed by atoms with E-state index in [1.807, 2.05) is 0 Å². The summed E-state index contributed by atoms with van der Waals surface area (Å²) in [6.07, 6.45) is 0.439. The molecule has 5 nitrogen and oxygen atoms in total. The van der Waals surface area contributed by atoms with Gasteiger partial charge in [-0.15, -0.1) is 0 Å². The fraction of sp³-hybridized carbons (Fsp3) is 0.364. The number of methoxy groups -OCH3 is 1. The molecule has 0 saturated carbocycles. The van der Waals surface area contributed by atoms with Crippen LogP contribution in [-0.2, 0) is 14.8 Å². The molecule has 19 heavy (non-hydrogen) atoms. The SMILES string of the molecule is COCCCS(=O)(=O)Nc1ccc(C(N)=S)cc1Br. The smallest absolute Gasteiger partial charge is 0.232 e. The fourth-order valence-electron chi connectivity index (χ4n) is 1.36. The molecule has 0 fully saturated rings. The van der Waals surface area contributed by atoms with Gasteiger partial charge in [0.25, 0.3) is 0 Å². The molecular formula is C11H15BrN2O3S2. The van der Waals surface area contributed by atoms with Gasteiger partial charge in [-0.05, 0) is 40.5 Å². The lowest BCUT2D eigenvalue weighted by Crippen LogP contribution is -2.18. The lowest BCUT2D eigenvalue weighted by molar-refractivity contribution is 0.199. The summed E-state index contributed by atoms with van der Waals surface area (Å²) in [4.78, 5) is 0.259. The van der Waals surface area contributed by atoms with E-state index >= 15 is 0 Å². The highest BCUT2D eigenvalue weighted by atomic mass is 79.9. The van der Waals surface area contributed by atoms with Crippen LogP contribution in [0.4, 0.5) is 5.69 Å². The predicted molar refractivity (Wildman–Crippen MR) is 83.9 cm³/mol. The monoisotopic (exact) mass is 366 g/mol. The predicted octanol–water partition coefficient (Wildman–Crippen LogP) is 1.86. The first-order valence-electron chi connectivity index (χ1n) is 5.44. The van der Waals surface area contributed by atoms with Gasteiger partial charge in [-0.3, -0.25) is 4.72 Å². The van der Waals surface area contributed by atoms with Crippen molar-refractivity contribution in [2.75, 3.05) is 24.2 Å². The zero-order chi connectivity index (χ0) is 14.5. The third-order valence-electron chi connectivity index (χ3n) is 2.28. The van der Waals surface area contributed by atoms with Gasteiger partial charge in [0.05, 0.1) is 11.4 Å². The maximum absolute atomic E-state index is 11.8. The fourth-order valence-corrected chi connectivity index (χ4v) is 3.21. The van der Waals surface area contributed by atoms with Crippen LogP contribution in [0.15, 0.2) is 22.7 Å². The summed E-state index contributed by atoms with van der Waals surface area (Å²) in [6.45, 7) is 0.405. The largest absolute Gasteiger partial charge is 0.389 e. The Labute approximate surface area is 126 Å². The summed E-state index contributed by atoms with van der Waals surface area (Å²) in [5, 5.41) is 0. The first kappa shape index (κ1) is 16.4. The van der Waals surface area contributed by atoms with Crippen molar-refractivity contribution in [1.82, 2.24) is 0 Å². The second-order valence-electron chi connectivity index (χ2n) is 3.83. The first-order chi connectivity index (χ1) is 8.85. The molecule has 0 aromatic heterocycles. The molecule has 1 rings (SSSR count). The van der Waals surface area contributed by atoms with Crippen molar-refractivity contribution in [3.63, 3.8) is 0 Å². The highest BCUT2D eigenvalue weighted by molar-refractivity contribution is 9.10. The van der Waals surface area contributed by atoms with Crippen molar-refractivity contribution in [3.05, 3.63) is 28.2 Å². The van der Waals surface area contributed by atoms with Crippen LogP contribution in [0.3, 0.4) is 0 Å². The summed E-state index contributed by atoms with van der Waals surface area (Å²) in [5.74, 6) is 0.00430. The van der Waals surface area contributed by atoms with E-state index < -0.39 is 10.0 Å². The van der Waals surface area contributed by atoms with E-state index in [4.69, 9.17) is 22.7 Å². The number of halogens is 1. The Kier molecular flexibility index (Phi) is 6.18. The lowest BCUT2D eigenvalue weighted by Gasteiger charge is -2.10. The van der Waals surface area contributed by atoms with Crippen molar-refractivity contribution >= 4 is 48.8 Å². The van der Waals surface area contributed by atoms with Gasteiger partial charge in [-0.25, -0.2) is 8.42 Å². The molecule has 1 aromatic rings. The normalized spacial score (nSPS) is 11.3. The van der Waals surface area contributed by atoms with Crippen molar-refractivity contribution in [1.29, 1.82) is 0 Å². The second kappa shape index (κ2) is 7.18. The molecule has 0 aliphatic rings. The Bertz CT molecular complexity index is 561. The number of anilines is 1. The highest BCUT2D eigenvalue weighted by Crippen LogP contribution is 2.24. The molecule has 3 N–H and O–H groups in total. The molecule has 0 aliphatic carbocycles. The van der Waals surface area contributed by atoms with Gasteiger partial charge < -0.3 is 10.5 Å². The molecule has 0 radical (unpaired) electrons. The summed E-state index contributed by atoms with van der Waals surface area (Å²) in [5.41, 5.74) is 6.63. The van der Waals surface area contributed by atoms with Crippen molar-refractivity contribution in [2.45, 2.75) is 6.42 Å². The van der Waals surface area contributed by atoms with Crippen molar-refractivity contribution < 1.29 is 13.2 Å². The number of thiocarbonyl (C=S) groups is 1. The molecular weight excluding hydrogens is 352 g/mol. The van der Waals surface area contributed by atoms with E-state index in [2.05, 4.69) is 20.7 Å². The van der Waals surface area contributed by atoms with Gasteiger partial charge in [0.2, 0.25) is 10.0 Å². The first-order valence-corrected chi connectivity index (χ1v) is 8.30. The summed E-state index contributed by atoms with van der Waals surface area (Å²) >= 11 is 8.13. The van der Waals surface area contributed by atoms with E-state index in [0.717, 1.165) is 0 Å². The zero-order valence-corrected chi connectivity index (χ0v) is 13.6. The van der Waals surface area contributed by atoms with Crippen molar-refractivity contribution in [2.24, 2.45) is 5.73 Å². The highest BCUT2D eigenvalue weighted by Gasteiger charge is 2.12. The summed E-state index contributed by atoms with van der Waals surface area (Å²) in [6, 6.07) is 4.96. The Balaban J connectivity index is 2.79. The Hall–Kier alpha value is -0.700. The van der Waals surface area contributed by atoms with E-state index in [1.165, 1.54) is 7.11 Å². The standard InChI is InChI=1S/C11H15BrN2O3S2/c1-17-5-2-6-19(15,16)14-10-4-3-8(11(13)18)7-9(10)12/h3-4,7,14H,2,5-6H2,1H3,(H2,13,18). The third-order valence-corrected chi connectivity index (χ3v) is 4.53. The third kappa shape index (κ3) is 5.43. The van der Waals surface area contributed by atoms with E-state index in [1.54, 1.807) is 18.2 Å². The van der Waals surface area contributed by atoms with Crippen LogP contribution >= 0.6 is 28.1 Å². The molecule has 8 heteroatoms. The van der Waals surface area contributed by atoms with Gasteiger partial charge in [0.1, 0.15) is 4.99 Å². The number of rotatable bonds is 7. The summed E-state index contributed by atoms with van der Waals surface area (Å²) < 4.78 is 31.5. The maximum atomic E-state index is 11.8. The van der Waals surface area contributed by atoms with Gasteiger partial charge in [0, 0.05) is 23.8 Å². The molecule has 0 bridgehead atoms. The molecule has 0 saturated heterocycles. The van der Waals surface area contributed by atoms with Crippen LogP contribution in [0.2, 0.25) is 0 Å². The van der Waals surface area contributed by atoms with Gasteiger partial charge in [0.15, 0.2) is 0 Å². The molecule has 0 heterocycles. The van der Waals surface area contributed by atoms with E-state index in [0.29, 0.717) is 28.8 Å². The minimum atomic E-state index is -3.39. The number of sulfonamides is 1. The van der Waals surface area contributed by atoms with Crippen LogP contribution in [0, 0.1) is 0 Å². The Morgan fingerprint density at radius 2 is 2.21 bits per heavy atom. The minimum absolute atomic E-state index is 0.00430. The molecule has 0 aliphatic heterocycles. The number of nitrogens with two attached hydrogens (primary N) is 1. The number of nitrogens with one attached hydrogen (secondary N) is 1. The van der Waals surface area contributed by atoms with Crippen molar-refractivity contribution in [3.8, 4) is 0 Å². The molecule has 106 valence electrons. The molecule has 1 aromatic carbocycles. The van der Waals surface area contributed by atoms with Crippen LogP contribution < -0.4 is 10.5 Å². The average Bonchev–Trinajstić information content (AvgIpc) is 2.31. The zero-order valence-electron chi connectivity index (χ0n) is 10.3. The second-order valence-corrected chi connectivity index (χ2v) is 6.96. The number of hydrogen-bond acceptors (Lipinski definition) is 4. The summed E-state index contributed by atoms with van der Waals surface area (Å²) in [7, 11) is -1.85. The molecule has 0 atom stereocenters. The van der Waals surface area contributed by atoms with Gasteiger partial charge in [-0.2, -0.15) is 0 Å². The molecule has 0 unspecified atom stereocenters. The van der Waals surface area contributed by atoms with E-state index in [-0.39, 0.29) is 10.7 Å². The Morgan fingerprint density at radius 3 is 2.74 bits per heavy atom. The van der Waals surface area contributed by atoms with Crippen LogP contribution in [0.1, 0.15) is 12.0 Å². The average molecular weight is 367 g/mol. The molecule has 0 amide bonds. The van der Waals surface area contributed by atoms with E-state index in [9.17, 15) is 8.42 Å². The molecule has 0 spiro atoms. The number of ether oxygens (including phenoxy) is 1. The van der Waals surface area contributed by atoms with Crippen LogP contribution in [0.5, 0.6) is 0 Å². The number of hydrogen-bond donors (Lipinski definition) is 2. The van der Waals surface area contributed by atoms with Crippen LogP contribution in [0.25, 0.3) is 0 Å². The minimum Gasteiger partial charge on any atom is -0.389 e. The Morgan fingerprint density at radius 1 is 1.53 bits per heavy atom. The quantitative estimate of drug-likeness (QED) is 0.568.